The molecule has 0 N–H and O–H groups in total. The summed E-state index contributed by atoms with van der Waals surface area (Å²) in [5, 5.41) is 3.66. The van der Waals surface area contributed by atoms with Gasteiger partial charge >= 0.3 is 0 Å². The zero-order valence-electron chi connectivity index (χ0n) is 33.7. The molecule has 3 heteroatoms. The number of hydrogen-bond acceptors (Lipinski definition) is 1. The number of aromatic nitrogens is 2. The fourth-order valence-electron chi connectivity index (χ4n) is 10.6. The molecule has 0 saturated carbocycles. The van der Waals surface area contributed by atoms with Crippen LogP contribution in [0.4, 0.5) is 17.1 Å². The van der Waals surface area contributed by atoms with E-state index >= 15 is 0 Å². The first kappa shape index (κ1) is 34.0. The molecular weight excluding hydrogens is 715 g/mol. The van der Waals surface area contributed by atoms with Crippen molar-refractivity contribution in [3.8, 4) is 33.6 Å². The number of fused-ring (bicyclic) bond motifs is 11. The van der Waals surface area contributed by atoms with Crippen LogP contribution in [0.15, 0.2) is 188 Å². The Morgan fingerprint density at radius 3 is 1.51 bits per heavy atom. The van der Waals surface area contributed by atoms with Crippen LogP contribution in [-0.4, -0.2) is 9.13 Å². The Bertz CT molecular complexity index is 3220. The van der Waals surface area contributed by atoms with Gasteiger partial charge in [-0.1, -0.05) is 137 Å². The van der Waals surface area contributed by atoms with Crippen LogP contribution in [0.2, 0.25) is 0 Å². The Morgan fingerprint density at radius 1 is 0.390 bits per heavy atom. The lowest BCUT2D eigenvalue weighted by atomic mass is 9.82. The number of benzene rings is 8. The van der Waals surface area contributed by atoms with E-state index in [1.165, 1.54) is 77.2 Å². The molecule has 3 nitrogen and oxygen atoms in total. The molecule has 2 heterocycles. The normalized spacial score (nSPS) is 14.4. The summed E-state index contributed by atoms with van der Waals surface area (Å²) in [6.07, 6.45) is 2.21. The lowest BCUT2D eigenvalue weighted by Crippen LogP contribution is -2.18. The fourth-order valence-corrected chi connectivity index (χ4v) is 10.6. The third-order valence-corrected chi connectivity index (χ3v) is 13.5. The second-order valence-corrected chi connectivity index (χ2v) is 17.4. The summed E-state index contributed by atoms with van der Waals surface area (Å²) in [5.41, 5.74) is 19.9. The van der Waals surface area contributed by atoms with Gasteiger partial charge in [0.15, 0.2) is 0 Å². The minimum absolute atomic E-state index is 0.124. The molecule has 8 aromatic carbocycles. The predicted octanol–water partition coefficient (Wildman–Crippen LogP) is 14.8. The number of para-hydroxylation sites is 2. The molecule has 0 unspecified atom stereocenters. The maximum absolute atomic E-state index is 2.50. The number of hydrogen-bond donors (Lipinski definition) is 0. The molecule has 282 valence electrons. The third-order valence-electron chi connectivity index (χ3n) is 13.5. The van der Waals surface area contributed by atoms with Gasteiger partial charge in [-0.3, -0.25) is 0 Å². The monoisotopic (exact) mass is 757 g/mol. The zero-order valence-corrected chi connectivity index (χ0v) is 33.7. The number of nitrogens with zero attached hydrogens (tertiary/aromatic N) is 3. The van der Waals surface area contributed by atoms with E-state index in [0.717, 1.165) is 28.4 Å². The first-order valence-electron chi connectivity index (χ1n) is 20.8. The quantitative estimate of drug-likeness (QED) is 0.170. The molecule has 0 fully saturated rings. The highest BCUT2D eigenvalue weighted by atomic mass is 15.1. The van der Waals surface area contributed by atoms with Crippen LogP contribution in [0, 0.1) is 0 Å². The van der Waals surface area contributed by atoms with E-state index in [0.29, 0.717) is 0 Å². The van der Waals surface area contributed by atoms with Crippen molar-refractivity contribution in [1.82, 2.24) is 9.13 Å². The lowest BCUT2D eigenvalue weighted by molar-refractivity contribution is 0.660. The van der Waals surface area contributed by atoms with Crippen molar-refractivity contribution in [3.05, 3.63) is 210 Å². The third kappa shape index (κ3) is 4.76. The van der Waals surface area contributed by atoms with Gasteiger partial charge in [0.05, 0.1) is 16.6 Å². The highest BCUT2D eigenvalue weighted by Gasteiger charge is 2.38. The molecule has 10 aromatic rings. The van der Waals surface area contributed by atoms with Gasteiger partial charge in [-0.2, -0.15) is 0 Å². The Balaban J connectivity index is 1.12. The standard InChI is InChI=1S/C56H43N3/c1-55(2)48-21-13-11-19-42(48)44-28-24-40(34-50(44)55)58(41-25-29-45-43-20-12-14-22-49(43)56(3,4)51(45)35-41)39-26-30-52-47(33-39)46-27-23-36-31-32-57(37-15-7-5-8-16-37)53(36)54(46)59(52)38-17-9-6-10-18-38/h5-35H,1-4H3. The number of anilines is 3. The van der Waals surface area contributed by atoms with Crippen LogP contribution in [0.5, 0.6) is 0 Å². The second-order valence-electron chi connectivity index (χ2n) is 17.4. The van der Waals surface area contributed by atoms with Crippen molar-refractivity contribution in [2.24, 2.45) is 0 Å². The lowest BCUT2D eigenvalue weighted by Gasteiger charge is -2.30. The molecule has 0 atom stereocenters. The largest absolute Gasteiger partial charge is 0.315 e. The highest BCUT2D eigenvalue weighted by Crippen LogP contribution is 2.53. The molecule has 12 rings (SSSR count). The Labute approximate surface area is 345 Å². The van der Waals surface area contributed by atoms with Crippen molar-refractivity contribution in [2.45, 2.75) is 38.5 Å². The summed E-state index contributed by atoms with van der Waals surface area (Å²) < 4.78 is 4.81. The van der Waals surface area contributed by atoms with E-state index in [1.807, 2.05) is 0 Å². The SMILES string of the molecule is CC1(C)c2ccccc2-c2ccc(N(c3ccc4c(c3)C(C)(C)c3ccccc3-4)c3ccc4c(c3)c3ccc5ccn(-c6ccccc6)c5c3n4-c3ccccc3)cc21. The fraction of sp³-hybridized carbons (Fsp3) is 0.107. The van der Waals surface area contributed by atoms with Gasteiger partial charge in [0.2, 0.25) is 0 Å². The molecule has 0 saturated heterocycles. The van der Waals surface area contributed by atoms with Crippen LogP contribution in [-0.2, 0) is 10.8 Å². The Kier molecular flexibility index (Phi) is 7.03. The maximum Gasteiger partial charge on any atom is 0.0788 e. The van der Waals surface area contributed by atoms with Gasteiger partial charge in [0.1, 0.15) is 0 Å². The van der Waals surface area contributed by atoms with Crippen LogP contribution < -0.4 is 4.90 Å². The van der Waals surface area contributed by atoms with Gasteiger partial charge in [-0.05, 0) is 117 Å². The molecule has 0 bridgehead atoms. The summed E-state index contributed by atoms with van der Waals surface area (Å²) in [6, 6.07) is 67.6. The molecule has 2 aliphatic rings. The van der Waals surface area contributed by atoms with Crippen molar-refractivity contribution in [2.75, 3.05) is 4.90 Å². The molecule has 0 amide bonds. The van der Waals surface area contributed by atoms with Gasteiger partial charge < -0.3 is 14.0 Å². The number of rotatable bonds is 5. The van der Waals surface area contributed by atoms with Gasteiger partial charge in [0.25, 0.3) is 0 Å². The summed E-state index contributed by atoms with van der Waals surface area (Å²) in [5.74, 6) is 0. The van der Waals surface area contributed by atoms with Gasteiger partial charge in [-0.15, -0.1) is 0 Å². The summed E-state index contributed by atoms with van der Waals surface area (Å²) in [6.45, 7) is 9.49. The van der Waals surface area contributed by atoms with E-state index in [2.05, 4.69) is 230 Å². The molecule has 2 aliphatic carbocycles. The van der Waals surface area contributed by atoms with E-state index in [-0.39, 0.29) is 10.8 Å². The highest BCUT2D eigenvalue weighted by molar-refractivity contribution is 6.19. The topological polar surface area (TPSA) is 13.1 Å². The predicted molar refractivity (Wildman–Crippen MR) is 247 cm³/mol. The Morgan fingerprint density at radius 2 is 0.898 bits per heavy atom. The van der Waals surface area contributed by atoms with Crippen molar-refractivity contribution >= 4 is 49.8 Å². The summed E-state index contributed by atoms with van der Waals surface area (Å²) >= 11 is 0. The van der Waals surface area contributed by atoms with E-state index in [9.17, 15) is 0 Å². The molecule has 0 aliphatic heterocycles. The minimum atomic E-state index is -0.124. The van der Waals surface area contributed by atoms with E-state index in [1.54, 1.807) is 0 Å². The van der Waals surface area contributed by atoms with Crippen molar-refractivity contribution in [3.63, 3.8) is 0 Å². The van der Waals surface area contributed by atoms with Gasteiger partial charge in [0, 0.05) is 61.6 Å². The van der Waals surface area contributed by atoms with E-state index < -0.39 is 0 Å². The molecule has 0 radical (unpaired) electrons. The zero-order chi connectivity index (χ0) is 39.6. The van der Waals surface area contributed by atoms with Crippen LogP contribution in [0.3, 0.4) is 0 Å². The molecule has 2 aromatic heterocycles. The van der Waals surface area contributed by atoms with Gasteiger partial charge in [-0.25, -0.2) is 0 Å². The first-order chi connectivity index (χ1) is 28.8. The van der Waals surface area contributed by atoms with Crippen molar-refractivity contribution in [1.29, 1.82) is 0 Å². The van der Waals surface area contributed by atoms with Crippen LogP contribution in [0.1, 0.15) is 49.9 Å². The van der Waals surface area contributed by atoms with Crippen LogP contribution >= 0.6 is 0 Å². The second kappa shape index (κ2) is 12.2. The smallest absolute Gasteiger partial charge is 0.0788 e. The minimum Gasteiger partial charge on any atom is -0.315 e. The molecule has 0 spiro atoms. The first-order valence-corrected chi connectivity index (χ1v) is 20.8. The maximum atomic E-state index is 2.50. The summed E-state index contributed by atoms with van der Waals surface area (Å²) in [7, 11) is 0. The average molecular weight is 758 g/mol. The average Bonchev–Trinajstić information content (AvgIpc) is 3.98. The van der Waals surface area contributed by atoms with Crippen molar-refractivity contribution < 1.29 is 0 Å². The summed E-state index contributed by atoms with van der Waals surface area (Å²) in [4.78, 5) is 2.50. The Hall–Kier alpha value is -7.10. The molecule has 59 heavy (non-hydrogen) atoms. The van der Waals surface area contributed by atoms with Crippen LogP contribution in [0.25, 0.3) is 66.3 Å². The van der Waals surface area contributed by atoms with E-state index in [4.69, 9.17) is 0 Å². The molecular formula is C56H43N3.